The third-order valence-corrected chi connectivity index (χ3v) is 5.85. The molecule has 2 aromatic rings. The molecular formula is C15H14Cl3NO2S. The Morgan fingerprint density at radius 1 is 0.955 bits per heavy atom. The summed E-state index contributed by atoms with van der Waals surface area (Å²) in [7, 11) is -1.93. The lowest BCUT2D eigenvalue weighted by molar-refractivity contribution is 0.466. The molecule has 22 heavy (non-hydrogen) atoms. The molecule has 0 amide bonds. The number of sulfonamides is 1. The first-order valence-electron chi connectivity index (χ1n) is 6.40. The summed E-state index contributed by atoms with van der Waals surface area (Å²) in [6.07, 6.45) is 0. The maximum absolute atomic E-state index is 12.4. The Bertz CT molecular complexity index is 778. The van der Waals surface area contributed by atoms with E-state index in [2.05, 4.69) is 0 Å². The maximum Gasteiger partial charge on any atom is 0.218 e. The van der Waals surface area contributed by atoms with Crippen LogP contribution in [0.2, 0.25) is 15.1 Å². The Balaban J connectivity index is 2.13. The third-order valence-electron chi connectivity index (χ3n) is 3.10. The van der Waals surface area contributed by atoms with Crippen molar-refractivity contribution in [3.05, 3.63) is 68.7 Å². The molecule has 0 fully saturated rings. The molecule has 0 unspecified atom stereocenters. The van der Waals surface area contributed by atoms with Crippen LogP contribution in [0.15, 0.2) is 42.5 Å². The van der Waals surface area contributed by atoms with Crippen LogP contribution in [-0.4, -0.2) is 19.8 Å². The molecule has 0 radical (unpaired) electrons. The van der Waals surface area contributed by atoms with E-state index in [-0.39, 0.29) is 12.3 Å². The van der Waals surface area contributed by atoms with Gasteiger partial charge in [0.2, 0.25) is 10.0 Å². The van der Waals surface area contributed by atoms with Gasteiger partial charge in [-0.1, -0.05) is 53.0 Å². The molecule has 0 aliphatic rings. The van der Waals surface area contributed by atoms with Crippen LogP contribution in [0.5, 0.6) is 0 Å². The van der Waals surface area contributed by atoms with Crippen molar-refractivity contribution < 1.29 is 8.42 Å². The predicted molar refractivity (Wildman–Crippen MR) is 92.0 cm³/mol. The van der Waals surface area contributed by atoms with Gasteiger partial charge in [0.1, 0.15) is 0 Å². The molecule has 0 saturated heterocycles. The normalized spacial score (nSPS) is 11.9. The number of nitrogens with zero attached hydrogens (tertiary/aromatic N) is 1. The van der Waals surface area contributed by atoms with Crippen LogP contribution in [0.1, 0.15) is 11.1 Å². The highest BCUT2D eigenvalue weighted by Gasteiger charge is 2.19. The number of hydrogen-bond donors (Lipinski definition) is 0. The highest BCUT2D eigenvalue weighted by atomic mass is 35.5. The smallest absolute Gasteiger partial charge is 0.212 e. The molecule has 0 aliphatic heterocycles. The molecule has 118 valence electrons. The van der Waals surface area contributed by atoms with E-state index in [0.29, 0.717) is 20.6 Å². The maximum atomic E-state index is 12.4. The van der Waals surface area contributed by atoms with Gasteiger partial charge in [-0.3, -0.25) is 0 Å². The molecule has 7 heteroatoms. The molecule has 2 rings (SSSR count). The van der Waals surface area contributed by atoms with E-state index in [4.69, 9.17) is 34.8 Å². The first-order chi connectivity index (χ1) is 10.3. The van der Waals surface area contributed by atoms with Crippen LogP contribution in [0.3, 0.4) is 0 Å². The second-order valence-electron chi connectivity index (χ2n) is 4.89. The molecule has 0 bridgehead atoms. The molecule has 0 heterocycles. The highest BCUT2D eigenvalue weighted by molar-refractivity contribution is 7.88. The zero-order valence-corrected chi connectivity index (χ0v) is 14.8. The number of hydrogen-bond acceptors (Lipinski definition) is 2. The van der Waals surface area contributed by atoms with Crippen LogP contribution in [-0.2, 0) is 22.3 Å². The molecule has 0 aliphatic carbocycles. The minimum Gasteiger partial charge on any atom is -0.212 e. The second-order valence-corrected chi connectivity index (χ2v) is 8.22. The van der Waals surface area contributed by atoms with Gasteiger partial charge in [0, 0.05) is 18.6 Å². The van der Waals surface area contributed by atoms with Gasteiger partial charge in [-0.05, 0) is 35.4 Å². The van der Waals surface area contributed by atoms with Gasteiger partial charge in [0.15, 0.2) is 0 Å². The Labute approximate surface area is 145 Å². The minimum atomic E-state index is -3.47. The van der Waals surface area contributed by atoms with Crippen LogP contribution in [0.25, 0.3) is 0 Å². The summed E-state index contributed by atoms with van der Waals surface area (Å²) in [5, 5.41) is 1.31. The number of halogens is 3. The Hall–Kier alpha value is -0.780. The van der Waals surface area contributed by atoms with Gasteiger partial charge in [-0.2, -0.15) is 0 Å². The van der Waals surface area contributed by atoms with E-state index >= 15 is 0 Å². The van der Waals surface area contributed by atoms with E-state index in [1.165, 1.54) is 11.4 Å². The van der Waals surface area contributed by atoms with Crippen LogP contribution < -0.4 is 0 Å². The van der Waals surface area contributed by atoms with Crippen LogP contribution >= 0.6 is 34.8 Å². The Kier molecular flexibility index (Phi) is 5.75. The average molecular weight is 379 g/mol. The fourth-order valence-corrected chi connectivity index (χ4v) is 3.64. The van der Waals surface area contributed by atoms with E-state index in [1.54, 1.807) is 36.4 Å². The van der Waals surface area contributed by atoms with Crippen molar-refractivity contribution in [2.75, 3.05) is 7.05 Å². The molecule has 3 nitrogen and oxygen atoms in total. The van der Waals surface area contributed by atoms with Crippen molar-refractivity contribution in [3.63, 3.8) is 0 Å². The predicted octanol–water partition coefficient (Wildman–Crippen LogP) is 4.61. The number of rotatable bonds is 5. The van der Waals surface area contributed by atoms with E-state index < -0.39 is 10.0 Å². The zero-order chi connectivity index (χ0) is 16.3. The van der Waals surface area contributed by atoms with Gasteiger partial charge in [0.05, 0.1) is 15.8 Å². The first kappa shape index (κ1) is 17.6. The molecule has 0 atom stereocenters. The van der Waals surface area contributed by atoms with Crippen LogP contribution in [0.4, 0.5) is 0 Å². The van der Waals surface area contributed by atoms with Gasteiger partial charge >= 0.3 is 0 Å². The van der Waals surface area contributed by atoms with Crippen molar-refractivity contribution >= 4 is 44.8 Å². The molecule has 0 spiro atoms. The molecule has 0 aromatic heterocycles. The fourth-order valence-electron chi connectivity index (χ4n) is 1.94. The van der Waals surface area contributed by atoms with Crippen molar-refractivity contribution in [3.8, 4) is 0 Å². The lowest BCUT2D eigenvalue weighted by atomic mass is 10.2. The lowest BCUT2D eigenvalue weighted by Gasteiger charge is -2.17. The zero-order valence-electron chi connectivity index (χ0n) is 11.8. The monoisotopic (exact) mass is 377 g/mol. The molecule has 0 N–H and O–H groups in total. The largest absolute Gasteiger partial charge is 0.218 e. The van der Waals surface area contributed by atoms with Gasteiger partial charge in [0.25, 0.3) is 0 Å². The Morgan fingerprint density at radius 2 is 1.68 bits per heavy atom. The summed E-state index contributed by atoms with van der Waals surface area (Å²) in [6, 6.07) is 11.9. The minimum absolute atomic E-state index is 0.138. The third kappa shape index (κ3) is 4.61. The summed E-state index contributed by atoms with van der Waals surface area (Å²) in [4.78, 5) is 0. The first-order valence-corrected chi connectivity index (χ1v) is 9.14. The molecule has 0 saturated carbocycles. The Morgan fingerprint density at radius 3 is 2.32 bits per heavy atom. The SMILES string of the molecule is CN(Cc1cccc(Cl)c1)S(=O)(=O)Cc1ccc(Cl)c(Cl)c1. The summed E-state index contributed by atoms with van der Waals surface area (Å²) in [5.41, 5.74) is 1.42. The van der Waals surface area contributed by atoms with E-state index in [0.717, 1.165) is 5.56 Å². The fraction of sp³-hybridized carbons (Fsp3) is 0.200. The lowest BCUT2D eigenvalue weighted by Crippen LogP contribution is -2.27. The van der Waals surface area contributed by atoms with E-state index in [1.807, 2.05) is 6.07 Å². The second kappa shape index (κ2) is 7.20. The summed E-state index contributed by atoms with van der Waals surface area (Å²) >= 11 is 17.7. The molecule has 2 aromatic carbocycles. The quantitative estimate of drug-likeness (QED) is 0.762. The summed E-state index contributed by atoms with van der Waals surface area (Å²) in [5.74, 6) is -0.138. The summed E-state index contributed by atoms with van der Waals surface area (Å²) in [6.45, 7) is 0.254. The van der Waals surface area contributed by atoms with Gasteiger partial charge in [-0.25, -0.2) is 12.7 Å². The molecular weight excluding hydrogens is 365 g/mol. The van der Waals surface area contributed by atoms with Gasteiger partial charge < -0.3 is 0 Å². The van der Waals surface area contributed by atoms with Crippen molar-refractivity contribution in [1.29, 1.82) is 0 Å². The van der Waals surface area contributed by atoms with E-state index in [9.17, 15) is 8.42 Å². The topological polar surface area (TPSA) is 37.4 Å². The summed E-state index contributed by atoms with van der Waals surface area (Å²) < 4.78 is 26.1. The average Bonchev–Trinajstić information content (AvgIpc) is 2.42. The number of benzene rings is 2. The van der Waals surface area contributed by atoms with Gasteiger partial charge in [-0.15, -0.1) is 0 Å². The van der Waals surface area contributed by atoms with Crippen molar-refractivity contribution in [2.24, 2.45) is 0 Å². The van der Waals surface area contributed by atoms with Crippen molar-refractivity contribution in [2.45, 2.75) is 12.3 Å². The van der Waals surface area contributed by atoms with Crippen LogP contribution in [0, 0.1) is 0 Å². The van der Waals surface area contributed by atoms with Crippen molar-refractivity contribution in [1.82, 2.24) is 4.31 Å². The highest BCUT2D eigenvalue weighted by Crippen LogP contribution is 2.24. The standard InChI is InChI=1S/C15H14Cl3NO2S/c1-19(9-11-3-2-4-13(16)7-11)22(20,21)10-12-5-6-14(17)15(18)8-12/h2-8H,9-10H2,1H3.